The highest BCUT2D eigenvalue weighted by molar-refractivity contribution is 5.80. The molecule has 0 saturated heterocycles. The number of carbonyl (C=O) groups is 2. The molecular formula is C11H19NO5. The van der Waals surface area contributed by atoms with Crippen molar-refractivity contribution in [3.63, 3.8) is 0 Å². The second-order valence-corrected chi connectivity index (χ2v) is 5.27. The van der Waals surface area contributed by atoms with E-state index >= 15 is 0 Å². The molecule has 1 aliphatic rings. The lowest BCUT2D eigenvalue weighted by Crippen LogP contribution is -2.54. The summed E-state index contributed by atoms with van der Waals surface area (Å²) in [5, 5.41) is 20.7. The number of hydrogen-bond donors (Lipinski definition) is 3. The van der Waals surface area contributed by atoms with E-state index in [9.17, 15) is 14.7 Å². The maximum absolute atomic E-state index is 11.4. The van der Waals surface area contributed by atoms with Gasteiger partial charge in [0.2, 0.25) is 0 Å². The minimum atomic E-state index is -1.15. The number of amides is 1. The zero-order valence-electron chi connectivity index (χ0n) is 10.3. The van der Waals surface area contributed by atoms with Gasteiger partial charge in [-0.1, -0.05) is 0 Å². The highest BCUT2D eigenvalue weighted by atomic mass is 16.6. The number of carboxylic acids is 1. The summed E-state index contributed by atoms with van der Waals surface area (Å²) < 4.78 is 4.98. The molecule has 17 heavy (non-hydrogen) atoms. The third-order valence-electron chi connectivity index (χ3n) is 2.66. The normalized spacial score (nSPS) is 25.6. The first kappa shape index (κ1) is 13.8. The molecular weight excluding hydrogens is 226 g/mol. The molecule has 0 spiro atoms. The summed E-state index contributed by atoms with van der Waals surface area (Å²) in [4.78, 5) is 22.4. The molecule has 0 radical (unpaired) electrons. The first-order valence-electron chi connectivity index (χ1n) is 5.61. The molecule has 0 aromatic heterocycles. The summed E-state index contributed by atoms with van der Waals surface area (Å²) in [6.45, 7) is 5.08. The van der Waals surface area contributed by atoms with Crippen LogP contribution in [0.4, 0.5) is 4.79 Å². The van der Waals surface area contributed by atoms with Crippen molar-refractivity contribution in [3.05, 3.63) is 0 Å². The molecule has 1 amide bonds. The first-order chi connectivity index (χ1) is 7.70. The standard InChI is InChI=1S/C11H19NO5/c1-11(2,3)17-10(16)12-8(9(14)15)6-4-5-7(6)13/h6-8,13H,4-5H2,1-3H3,(H,12,16)(H,14,15). The number of ether oxygens (including phenoxy) is 1. The largest absolute Gasteiger partial charge is 0.480 e. The van der Waals surface area contributed by atoms with Crippen molar-refractivity contribution in [2.45, 2.75) is 51.4 Å². The van der Waals surface area contributed by atoms with Gasteiger partial charge in [-0.3, -0.25) is 0 Å². The average molecular weight is 245 g/mol. The summed E-state index contributed by atoms with van der Waals surface area (Å²) in [6, 6.07) is -1.09. The van der Waals surface area contributed by atoms with Crippen molar-refractivity contribution in [2.24, 2.45) is 5.92 Å². The number of nitrogens with one attached hydrogen (secondary N) is 1. The van der Waals surface area contributed by atoms with Crippen LogP contribution in [0.2, 0.25) is 0 Å². The van der Waals surface area contributed by atoms with E-state index < -0.39 is 35.7 Å². The van der Waals surface area contributed by atoms with E-state index in [1.807, 2.05) is 0 Å². The number of aliphatic hydroxyl groups is 1. The van der Waals surface area contributed by atoms with Crippen molar-refractivity contribution in [1.82, 2.24) is 5.32 Å². The number of aliphatic carboxylic acids is 1. The molecule has 0 bridgehead atoms. The van der Waals surface area contributed by atoms with E-state index in [-0.39, 0.29) is 0 Å². The van der Waals surface area contributed by atoms with Crippen LogP contribution in [0.15, 0.2) is 0 Å². The Kier molecular flexibility index (Phi) is 3.98. The zero-order chi connectivity index (χ0) is 13.2. The number of rotatable bonds is 3. The van der Waals surface area contributed by atoms with Gasteiger partial charge in [0.1, 0.15) is 11.6 Å². The van der Waals surface area contributed by atoms with Crippen LogP contribution in [0.25, 0.3) is 0 Å². The predicted molar refractivity (Wildman–Crippen MR) is 59.5 cm³/mol. The zero-order valence-corrected chi connectivity index (χ0v) is 10.3. The number of carboxylic acid groups (broad SMARTS) is 1. The Labute approximate surface area is 100.0 Å². The van der Waals surface area contributed by atoms with Crippen LogP contribution < -0.4 is 5.32 Å². The highest BCUT2D eigenvalue weighted by Crippen LogP contribution is 2.30. The van der Waals surface area contributed by atoms with Crippen LogP contribution in [0.5, 0.6) is 0 Å². The van der Waals surface area contributed by atoms with Gasteiger partial charge in [-0.2, -0.15) is 0 Å². The molecule has 0 heterocycles. The summed E-state index contributed by atoms with van der Waals surface area (Å²) >= 11 is 0. The van der Waals surface area contributed by atoms with Gasteiger partial charge in [-0.05, 0) is 33.6 Å². The number of carbonyl (C=O) groups excluding carboxylic acids is 1. The fourth-order valence-electron chi connectivity index (χ4n) is 1.68. The van der Waals surface area contributed by atoms with Gasteiger partial charge in [0.15, 0.2) is 0 Å². The first-order valence-corrected chi connectivity index (χ1v) is 5.61. The molecule has 98 valence electrons. The minimum absolute atomic E-state index is 0.431. The highest BCUT2D eigenvalue weighted by Gasteiger charge is 2.41. The molecule has 1 fully saturated rings. The van der Waals surface area contributed by atoms with Gasteiger partial charge in [0.05, 0.1) is 6.10 Å². The Morgan fingerprint density at radius 3 is 2.24 bits per heavy atom. The van der Waals surface area contributed by atoms with Crippen LogP contribution >= 0.6 is 0 Å². The van der Waals surface area contributed by atoms with E-state index in [0.717, 1.165) is 0 Å². The second kappa shape index (κ2) is 4.91. The third kappa shape index (κ3) is 3.89. The predicted octanol–water partition coefficient (Wildman–Crippen LogP) is 0.735. The van der Waals surface area contributed by atoms with E-state index in [4.69, 9.17) is 9.84 Å². The monoisotopic (exact) mass is 245 g/mol. The summed E-state index contributed by atoms with van der Waals surface area (Å²) in [7, 11) is 0. The van der Waals surface area contributed by atoms with Crippen LogP contribution in [-0.2, 0) is 9.53 Å². The van der Waals surface area contributed by atoms with Gasteiger partial charge in [0, 0.05) is 5.92 Å². The molecule has 6 heteroatoms. The molecule has 3 unspecified atom stereocenters. The lowest BCUT2D eigenvalue weighted by Gasteiger charge is -2.36. The van der Waals surface area contributed by atoms with Gasteiger partial charge >= 0.3 is 12.1 Å². The van der Waals surface area contributed by atoms with Crippen molar-refractivity contribution < 1.29 is 24.5 Å². The fraction of sp³-hybridized carbons (Fsp3) is 0.818. The summed E-state index contributed by atoms with van der Waals surface area (Å²) in [5.74, 6) is -1.58. The van der Waals surface area contributed by atoms with Gasteiger partial charge < -0.3 is 20.3 Å². The molecule has 1 aliphatic carbocycles. The Balaban J connectivity index is 2.56. The molecule has 3 atom stereocenters. The molecule has 0 aromatic rings. The lowest BCUT2D eigenvalue weighted by molar-refractivity contribution is -0.144. The molecule has 0 aliphatic heterocycles. The Morgan fingerprint density at radius 2 is 1.94 bits per heavy atom. The summed E-state index contributed by atoms with van der Waals surface area (Å²) in [5.41, 5.74) is -0.675. The van der Waals surface area contributed by atoms with E-state index in [1.54, 1.807) is 20.8 Å². The van der Waals surface area contributed by atoms with Crippen molar-refractivity contribution in [3.8, 4) is 0 Å². The third-order valence-corrected chi connectivity index (χ3v) is 2.66. The van der Waals surface area contributed by atoms with Crippen LogP contribution in [0.3, 0.4) is 0 Å². The Morgan fingerprint density at radius 1 is 1.35 bits per heavy atom. The van der Waals surface area contributed by atoms with Crippen molar-refractivity contribution in [2.75, 3.05) is 0 Å². The maximum Gasteiger partial charge on any atom is 0.408 e. The van der Waals surface area contributed by atoms with Crippen molar-refractivity contribution >= 4 is 12.1 Å². The van der Waals surface area contributed by atoms with Gasteiger partial charge in [-0.15, -0.1) is 0 Å². The smallest absolute Gasteiger partial charge is 0.408 e. The van der Waals surface area contributed by atoms with Gasteiger partial charge in [-0.25, -0.2) is 9.59 Å². The molecule has 6 nitrogen and oxygen atoms in total. The number of alkyl carbamates (subject to hydrolysis) is 1. The molecule has 1 rings (SSSR count). The Hall–Kier alpha value is -1.30. The Bertz CT molecular complexity index is 309. The van der Waals surface area contributed by atoms with Crippen LogP contribution in [-0.4, -0.2) is 40.0 Å². The topological polar surface area (TPSA) is 95.9 Å². The maximum atomic E-state index is 11.4. The lowest BCUT2D eigenvalue weighted by atomic mass is 9.77. The average Bonchev–Trinajstić information content (AvgIpc) is 2.11. The second-order valence-electron chi connectivity index (χ2n) is 5.27. The minimum Gasteiger partial charge on any atom is -0.480 e. The quantitative estimate of drug-likeness (QED) is 0.681. The fourth-order valence-corrected chi connectivity index (χ4v) is 1.68. The number of aliphatic hydroxyl groups excluding tert-OH is 1. The molecule has 3 N–H and O–H groups in total. The molecule has 0 aromatic carbocycles. The van der Waals surface area contributed by atoms with Crippen molar-refractivity contribution in [1.29, 1.82) is 0 Å². The van der Waals surface area contributed by atoms with E-state index in [0.29, 0.717) is 12.8 Å². The van der Waals surface area contributed by atoms with Crippen LogP contribution in [0, 0.1) is 5.92 Å². The van der Waals surface area contributed by atoms with Crippen LogP contribution in [0.1, 0.15) is 33.6 Å². The molecule has 1 saturated carbocycles. The number of hydrogen-bond acceptors (Lipinski definition) is 4. The van der Waals surface area contributed by atoms with Gasteiger partial charge in [0.25, 0.3) is 0 Å². The SMILES string of the molecule is CC(C)(C)OC(=O)NC(C(=O)O)C1CCC1O. The van der Waals surface area contributed by atoms with E-state index in [1.165, 1.54) is 0 Å². The van der Waals surface area contributed by atoms with E-state index in [2.05, 4.69) is 5.32 Å². The summed E-state index contributed by atoms with van der Waals surface area (Å²) in [6.07, 6.45) is -0.270.